The van der Waals surface area contributed by atoms with E-state index in [2.05, 4.69) is 56.7 Å². The lowest BCUT2D eigenvalue weighted by Crippen LogP contribution is -2.31. The monoisotopic (exact) mass is 298 g/mol. The van der Waals surface area contributed by atoms with Crippen LogP contribution in [0.1, 0.15) is 19.2 Å². The van der Waals surface area contributed by atoms with Crippen LogP contribution >= 0.6 is 15.9 Å². The molecule has 0 saturated carbocycles. The van der Waals surface area contributed by atoms with Gasteiger partial charge in [-0.15, -0.1) is 0 Å². The highest BCUT2D eigenvalue weighted by atomic mass is 79.9. The summed E-state index contributed by atoms with van der Waals surface area (Å²) in [7, 11) is 4.28. The first-order valence-corrected chi connectivity index (χ1v) is 6.84. The van der Waals surface area contributed by atoms with Gasteiger partial charge < -0.3 is 9.80 Å². The van der Waals surface area contributed by atoms with Crippen molar-refractivity contribution in [1.82, 2.24) is 14.9 Å². The number of anilines is 1. The molecule has 1 aliphatic rings. The van der Waals surface area contributed by atoms with Crippen molar-refractivity contribution >= 4 is 21.7 Å². The molecule has 5 heteroatoms. The van der Waals surface area contributed by atoms with E-state index in [4.69, 9.17) is 0 Å². The fourth-order valence-electron chi connectivity index (χ4n) is 2.14. The van der Waals surface area contributed by atoms with Crippen molar-refractivity contribution in [1.29, 1.82) is 0 Å². The minimum atomic E-state index is 0.633. The second kappa shape index (κ2) is 5.31. The lowest BCUT2D eigenvalue weighted by molar-refractivity contribution is 0.315. The Bertz CT molecular complexity index is 394. The Labute approximate surface area is 111 Å². The van der Waals surface area contributed by atoms with E-state index in [0.717, 1.165) is 35.8 Å². The van der Waals surface area contributed by atoms with Crippen LogP contribution in [0.4, 0.5) is 5.82 Å². The van der Waals surface area contributed by atoms with Gasteiger partial charge >= 0.3 is 0 Å². The quantitative estimate of drug-likeness (QED) is 0.799. The number of hydrogen-bond donors (Lipinski definition) is 0. The van der Waals surface area contributed by atoms with Crippen LogP contribution in [0.3, 0.4) is 0 Å². The molecule has 0 spiro atoms. The number of aryl methyl sites for hydroxylation is 1. The highest BCUT2D eigenvalue weighted by Crippen LogP contribution is 2.22. The van der Waals surface area contributed by atoms with Crippen LogP contribution < -0.4 is 4.90 Å². The first-order chi connectivity index (χ1) is 8.10. The molecule has 1 aromatic heterocycles. The van der Waals surface area contributed by atoms with Gasteiger partial charge in [0.15, 0.2) is 0 Å². The Morgan fingerprint density at radius 2 is 2.24 bits per heavy atom. The average Bonchev–Trinajstić information content (AvgIpc) is 2.77. The minimum absolute atomic E-state index is 0.633. The van der Waals surface area contributed by atoms with E-state index in [1.54, 1.807) is 0 Å². The highest BCUT2D eigenvalue weighted by Gasteiger charge is 2.25. The van der Waals surface area contributed by atoms with Crippen molar-refractivity contribution in [3.05, 3.63) is 16.5 Å². The zero-order valence-corrected chi connectivity index (χ0v) is 12.2. The molecule has 1 aromatic rings. The third-order valence-corrected chi connectivity index (χ3v) is 3.67. The van der Waals surface area contributed by atoms with Gasteiger partial charge in [0.1, 0.15) is 16.2 Å². The maximum Gasteiger partial charge on any atom is 0.133 e. The molecule has 0 bridgehead atoms. The standard InChI is InChI=1S/C12H19BrN4/c1-4-11-14-10(13)7-12(15-11)17-6-5-9(8-17)16(2)3/h7,9H,4-6,8H2,1-3H3. The smallest absolute Gasteiger partial charge is 0.133 e. The maximum absolute atomic E-state index is 4.59. The summed E-state index contributed by atoms with van der Waals surface area (Å²) in [5, 5.41) is 0. The first-order valence-electron chi connectivity index (χ1n) is 6.05. The van der Waals surface area contributed by atoms with E-state index < -0.39 is 0 Å². The molecule has 94 valence electrons. The number of likely N-dealkylation sites (N-methyl/N-ethyl adjacent to an activating group) is 1. The molecule has 0 N–H and O–H groups in total. The van der Waals surface area contributed by atoms with Crippen molar-refractivity contribution in [2.75, 3.05) is 32.1 Å². The number of nitrogens with zero attached hydrogens (tertiary/aromatic N) is 4. The van der Waals surface area contributed by atoms with Gasteiger partial charge in [-0.05, 0) is 36.4 Å². The minimum Gasteiger partial charge on any atom is -0.355 e. The Morgan fingerprint density at radius 1 is 1.47 bits per heavy atom. The topological polar surface area (TPSA) is 32.3 Å². The third kappa shape index (κ3) is 2.96. The van der Waals surface area contributed by atoms with E-state index in [0.29, 0.717) is 6.04 Å². The van der Waals surface area contributed by atoms with Crippen molar-refractivity contribution in [2.45, 2.75) is 25.8 Å². The molecule has 1 atom stereocenters. The third-order valence-electron chi connectivity index (χ3n) is 3.26. The van der Waals surface area contributed by atoms with Gasteiger partial charge in [-0.2, -0.15) is 0 Å². The van der Waals surface area contributed by atoms with E-state index in [1.807, 2.05) is 6.07 Å². The molecule has 17 heavy (non-hydrogen) atoms. The Hall–Kier alpha value is -0.680. The fraction of sp³-hybridized carbons (Fsp3) is 0.667. The zero-order valence-electron chi connectivity index (χ0n) is 10.6. The predicted molar refractivity (Wildman–Crippen MR) is 73.4 cm³/mol. The molecule has 2 heterocycles. The Balaban J connectivity index is 2.15. The summed E-state index contributed by atoms with van der Waals surface area (Å²) in [5.41, 5.74) is 0. The normalized spacial score (nSPS) is 20.3. The van der Waals surface area contributed by atoms with E-state index >= 15 is 0 Å². The van der Waals surface area contributed by atoms with E-state index in [-0.39, 0.29) is 0 Å². The lowest BCUT2D eigenvalue weighted by atomic mass is 10.2. The van der Waals surface area contributed by atoms with Crippen molar-refractivity contribution in [3.8, 4) is 0 Å². The van der Waals surface area contributed by atoms with Crippen molar-refractivity contribution in [2.24, 2.45) is 0 Å². The molecular weight excluding hydrogens is 280 g/mol. The van der Waals surface area contributed by atoms with Crippen LogP contribution in [0, 0.1) is 0 Å². The largest absolute Gasteiger partial charge is 0.355 e. The summed E-state index contributed by atoms with van der Waals surface area (Å²) in [5.74, 6) is 1.95. The van der Waals surface area contributed by atoms with Crippen molar-refractivity contribution < 1.29 is 0 Å². The van der Waals surface area contributed by atoms with Gasteiger partial charge in [0.25, 0.3) is 0 Å². The van der Waals surface area contributed by atoms with Crippen LogP contribution in [0.25, 0.3) is 0 Å². The van der Waals surface area contributed by atoms with Crippen LogP contribution in [0.5, 0.6) is 0 Å². The van der Waals surface area contributed by atoms with Gasteiger partial charge in [-0.25, -0.2) is 9.97 Å². The SMILES string of the molecule is CCc1nc(Br)cc(N2CCC(N(C)C)C2)n1. The molecule has 0 radical (unpaired) electrons. The number of halogens is 1. The molecule has 1 fully saturated rings. The summed E-state index contributed by atoms with van der Waals surface area (Å²) in [6.45, 7) is 4.22. The predicted octanol–water partition coefficient (Wildman–Crippen LogP) is 1.94. The summed E-state index contributed by atoms with van der Waals surface area (Å²) >= 11 is 3.46. The average molecular weight is 299 g/mol. The zero-order chi connectivity index (χ0) is 12.4. The van der Waals surface area contributed by atoms with Gasteiger partial charge in [0.2, 0.25) is 0 Å². The fourth-order valence-corrected chi connectivity index (χ4v) is 2.55. The first kappa shape index (κ1) is 12.8. The molecule has 0 amide bonds. The molecular formula is C12H19BrN4. The number of rotatable bonds is 3. The summed E-state index contributed by atoms with van der Waals surface area (Å²) < 4.78 is 0.882. The van der Waals surface area contributed by atoms with Gasteiger partial charge in [-0.3, -0.25) is 0 Å². The molecule has 1 aliphatic heterocycles. The number of hydrogen-bond acceptors (Lipinski definition) is 4. The molecule has 1 unspecified atom stereocenters. The van der Waals surface area contributed by atoms with E-state index in [9.17, 15) is 0 Å². The lowest BCUT2D eigenvalue weighted by Gasteiger charge is -2.21. The van der Waals surface area contributed by atoms with Crippen LogP contribution in [0.15, 0.2) is 10.7 Å². The van der Waals surface area contributed by atoms with Gasteiger partial charge in [0.05, 0.1) is 0 Å². The number of aromatic nitrogens is 2. The van der Waals surface area contributed by atoms with Crippen LogP contribution in [0.2, 0.25) is 0 Å². The van der Waals surface area contributed by atoms with Crippen molar-refractivity contribution in [3.63, 3.8) is 0 Å². The van der Waals surface area contributed by atoms with Gasteiger partial charge in [-0.1, -0.05) is 6.92 Å². The molecule has 1 saturated heterocycles. The molecule has 4 nitrogen and oxygen atoms in total. The second-order valence-corrected chi connectivity index (χ2v) is 5.48. The van der Waals surface area contributed by atoms with E-state index in [1.165, 1.54) is 6.42 Å². The summed E-state index contributed by atoms with van der Waals surface area (Å²) in [6.07, 6.45) is 2.08. The molecule has 0 aliphatic carbocycles. The summed E-state index contributed by atoms with van der Waals surface area (Å²) in [6, 6.07) is 2.64. The maximum atomic E-state index is 4.59. The highest BCUT2D eigenvalue weighted by molar-refractivity contribution is 9.10. The van der Waals surface area contributed by atoms with Crippen LogP contribution in [-0.2, 0) is 6.42 Å². The Morgan fingerprint density at radius 3 is 2.82 bits per heavy atom. The molecule has 2 rings (SSSR count). The Kier molecular flexibility index (Phi) is 3.99. The molecule has 0 aromatic carbocycles. The van der Waals surface area contributed by atoms with Crippen LogP contribution in [-0.4, -0.2) is 48.1 Å². The van der Waals surface area contributed by atoms with Gasteiger partial charge in [0, 0.05) is 31.6 Å². The summed E-state index contributed by atoms with van der Waals surface area (Å²) in [4.78, 5) is 13.6. The second-order valence-electron chi connectivity index (χ2n) is 4.67.